The smallest absolute Gasteiger partial charge is 0.410 e. The summed E-state index contributed by atoms with van der Waals surface area (Å²) in [6.07, 6.45) is 0.0102. The van der Waals surface area contributed by atoms with Crippen molar-refractivity contribution in [2.75, 3.05) is 6.54 Å². The van der Waals surface area contributed by atoms with Crippen LogP contribution in [0.15, 0.2) is 30.4 Å². The molecule has 50 heavy (non-hydrogen) atoms. The van der Waals surface area contributed by atoms with Gasteiger partial charge in [0.05, 0.1) is 29.8 Å². The SMILES string of the molecule is O=C1C[C@]2(C(=O)NS(=O)(=O)C3CC3)C[C@H]2/C=C\CCCCC[C@H](CCCC(F)(F)F)C(=O)N2C[C@H](OC(=O)N3Cc4cccc(F)c4C3)C[C@@H]12. The minimum atomic E-state index is -4.39. The number of alkyl halides is 3. The molecular weight excluding hydrogens is 682 g/mol. The monoisotopic (exact) mass is 725 g/mol. The number of nitrogens with zero attached hydrogens (tertiary/aromatic N) is 2. The third-order valence-electron chi connectivity index (χ3n) is 10.8. The van der Waals surface area contributed by atoms with Crippen LogP contribution in [0.25, 0.3) is 0 Å². The predicted octanol–water partition coefficient (Wildman–Crippen LogP) is 5.69. The van der Waals surface area contributed by atoms with Crippen molar-refractivity contribution in [1.82, 2.24) is 14.5 Å². The molecule has 6 rings (SSSR count). The zero-order valence-electron chi connectivity index (χ0n) is 27.8. The molecule has 0 radical (unpaired) electrons. The number of ketones is 1. The van der Waals surface area contributed by atoms with Crippen LogP contribution in [-0.2, 0) is 42.2 Å². The number of rotatable bonds is 7. The first kappa shape index (κ1) is 36.3. The van der Waals surface area contributed by atoms with E-state index in [1.165, 1.54) is 15.9 Å². The molecule has 5 aliphatic rings. The molecule has 15 heteroatoms. The van der Waals surface area contributed by atoms with Crippen LogP contribution in [0.1, 0.15) is 94.6 Å². The van der Waals surface area contributed by atoms with Gasteiger partial charge in [0.1, 0.15) is 11.9 Å². The van der Waals surface area contributed by atoms with Gasteiger partial charge in [0, 0.05) is 37.3 Å². The molecule has 0 aromatic heterocycles. The van der Waals surface area contributed by atoms with E-state index in [0.29, 0.717) is 49.7 Å². The molecule has 2 saturated carbocycles. The van der Waals surface area contributed by atoms with Crippen molar-refractivity contribution < 1.29 is 49.9 Å². The number of amides is 3. The van der Waals surface area contributed by atoms with Crippen molar-refractivity contribution in [1.29, 1.82) is 0 Å². The van der Waals surface area contributed by atoms with Gasteiger partial charge >= 0.3 is 12.3 Å². The molecule has 3 heterocycles. The zero-order valence-corrected chi connectivity index (χ0v) is 28.6. The largest absolute Gasteiger partial charge is 0.444 e. The van der Waals surface area contributed by atoms with Gasteiger partial charge < -0.3 is 9.64 Å². The van der Waals surface area contributed by atoms with Crippen molar-refractivity contribution in [2.45, 2.75) is 120 Å². The summed E-state index contributed by atoms with van der Waals surface area (Å²) in [6.45, 7) is -0.0815. The number of carbonyl (C=O) groups is 4. The van der Waals surface area contributed by atoms with E-state index in [1.54, 1.807) is 12.1 Å². The molecule has 10 nitrogen and oxygen atoms in total. The van der Waals surface area contributed by atoms with Gasteiger partial charge in [-0.05, 0) is 68.9 Å². The maximum absolute atomic E-state index is 14.4. The molecule has 3 amide bonds. The maximum atomic E-state index is 14.4. The molecule has 3 fully saturated rings. The number of benzene rings is 1. The second-order valence-electron chi connectivity index (χ2n) is 14.5. The van der Waals surface area contributed by atoms with Crippen LogP contribution < -0.4 is 4.72 Å². The van der Waals surface area contributed by atoms with Crippen molar-refractivity contribution >= 4 is 33.7 Å². The average molecular weight is 726 g/mol. The Labute approximate surface area is 289 Å². The number of halogens is 4. The molecule has 1 aromatic carbocycles. The van der Waals surface area contributed by atoms with Crippen LogP contribution in [0, 0.1) is 23.1 Å². The molecule has 5 atom stereocenters. The third kappa shape index (κ3) is 8.18. The van der Waals surface area contributed by atoms with Gasteiger partial charge in [-0.15, -0.1) is 0 Å². The lowest BCUT2D eigenvalue weighted by molar-refractivity contribution is -0.144. The molecule has 1 saturated heterocycles. The topological polar surface area (TPSA) is 130 Å². The summed E-state index contributed by atoms with van der Waals surface area (Å²) in [5.41, 5.74) is -0.333. The number of hydrogen-bond donors (Lipinski definition) is 1. The molecule has 1 N–H and O–H groups in total. The number of nitrogens with one attached hydrogen (secondary N) is 1. The summed E-state index contributed by atoms with van der Waals surface area (Å²) in [6, 6.07) is 3.41. The second kappa shape index (κ2) is 14.3. The Kier molecular flexibility index (Phi) is 10.4. The molecule has 3 aliphatic heterocycles. The van der Waals surface area contributed by atoms with Crippen molar-refractivity contribution in [3.63, 3.8) is 0 Å². The second-order valence-corrected chi connectivity index (χ2v) is 16.5. The summed E-state index contributed by atoms with van der Waals surface area (Å²) < 4.78 is 87.0. The van der Waals surface area contributed by atoms with Crippen LogP contribution in [0.4, 0.5) is 22.4 Å². The molecule has 0 bridgehead atoms. The van der Waals surface area contributed by atoms with E-state index in [9.17, 15) is 45.2 Å². The van der Waals surface area contributed by atoms with Gasteiger partial charge in [0.25, 0.3) is 0 Å². The fourth-order valence-corrected chi connectivity index (χ4v) is 9.06. The van der Waals surface area contributed by atoms with Crippen LogP contribution in [0.5, 0.6) is 0 Å². The zero-order chi connectivity index (χ0) is 35.8. The van der Waals surface area contributed by atoms with E-state index in [-0.39, 0.29) is 51.7 Å². The van der Waals surface area contributed by atoms with Crippen LogP contribution >= 0.6 is 0 Å². The van der Waals surface area contributed by atoms with Gasteiger partial charge in [-0.1, -0.05) is 37.1 Å². The van der Waals surface area contributed by atoms with Crippen LogP contribution in [-0.4, -0.2) is 72.0 Å². The summed E-state index contributed by atoms with van der Waals surface area (Å²) in [7, 11) is -3.90. The Bertz CT molecular complexity index is 1650. The van der Waals surface area contributed by atoms with Gasteiger partial charge in [0.2, 0.25) is 21.8 Å². The van der Waals surface area contributed by atoms with Crippen LogP contribution in [0.3, 0.4) is 0 Å². The minimum Gasteiger partial charge on any atom is -0.444 e. The number of carbonyl (C=O) groups excluding carboxylic acids is 4. The van der Waals surface area contributed by atoms with Gasteiger partial charge in [-0.25, -0.2) is 17.6 Å². The fourth-order valence-electron chi connectivity index (χ4n) is 7.68. The highest BCUT2D eigenvalue weighted by Crippen LogP contribution is 2.57. The van der Waals surface area contributed by atoms with E-state index in [4.69, 9.17) is 4.74 Å². The molecular formula is C35H43F4N3O7S. The molecule has 274 valence electrons. The van der Waals surface area contributed by atoms with Crippen LogP contribution in [0.2, 0.25) is 0 Å². The van der Waals surface area contributed by atoms with E-state index in [2.05, 4.69) is 4.72 Å². The summed E-state index contributed by atoms with van der Waals surface area (Å²) in [5, 5.41) is -0.652. The Morgan fingerprint density at radius 2 is 1.84 bits per heavy atom. The minimum absolute atomic E-state index is 0.0177. The summed E-state index contributed by atoms with van der Waals surface area (Å²) in [5.74, 6) is -3.41. The highest BCUT2D eigenvalue weighted by molar-refractivity contribution is 7.90. The number of fused-ring (bicyclic) bond motifs is 3. The lowest BCUT2D eigenvalue weighted by atomic mass is 9.90. The van der Waals surface area contributed by atoms with E-state index < -0.39 is 86.8 Å². The first-order valence-corrected chi connectivity index (χ1v) is 19.1. The quantitative estimate of drug-likeness (QED) is 0.283. The maximum Gasteiger partial charge on any atom is 0.410 e. The van der Waals surface area contributed by atoms with Crippen molar-refractivity contribution in [2.24, 2.45) is 17.3 Å². The summed E-state index contributed by atoms with van der Waals surface area (Å²) >= 11 is 0. The number of hydrogen-bond acceptors (Lipinski definition) is 7. The van der Waals surface area contributed by atoms with Crippen molar-refractivity contribution in [3.8, 4) is 0 Å². The predicted molar refractivity (Wildman–Crippen MR) is 172 cm³/mol. The summed E-state index contributed by atoms with van der Waals surface area (Å²) in [4.78, 5) is 57.8. The fraction of sp³-hybridized carbons (Fsp3) is 0.657. The highest BCUT2D eigenvalue weighted by atomic mass is 32.2. The highest BCUT2D eigenvalue weighted by Gasteiger charge is 2.61. The molecule has 2 aliphatic carbocycles. The van der Waals surface area contributed by atoms with Crippen molar-refractivity contribution in [3.05, 3.63) is 47.3 Å². The number of Topliss-reactive ketones (excluding diaryl/α,β-unsaturated/α-hetero) is 1. The van der Waals surface area contributed by atoms with E-state index in [1.807, 2.05) is 12.2 Å². The van der Waals surface area contributed by atoms with E-state index >= 15 is 0 Å². The normalized spacial score (nSPS) is 29.7. The lowest BCUT2D eigenvalue weighted by Crippen LogP contribution is -2.46. The molecule has 1 aromatic rings. The average Bonchev–Trinajstić information content (AvgIpc) is 3.93. The Morgan fingerprint density at radius 3 is 2.56 bits per heavy atom. The number of sulfonamides is 1. The first-order valence-electron chi connectivity index (χ1n) is 17.5. The van der Waals surface area contributed by atoms with Gasteiger partial charge in [-0.2, -0.15) is 13.2 Å². The Morgan fingerprint density at radius 1 is 1.06 bits per heavy atom. The molecule has 0 unspecified atom stereocenters. The Hall–Kier alpha value is -3.49. The van der Waals surface area contributed by atoms with Gasteiger partial charge in [0.15, 0.2) is 5.78 Å². The standard InChI is InChI=1S/C35H43F4N3O7S/c36-28-12-6-9-23-19-41(21-27(23)28)33(46)49-25-16-29-30(43)18-34(32(45)40-50(47,48)26-13-14-26)17-24(34)11-5-3-1-2-4-8-22(31(44)42(29)20-25)10-7-15-35(37,38)39/h5-6,9,11-12,22,24-26,29H,1-4,7-8,10,13-21H2,(H,40,45)/b11-5-/t22-,24-,25-,29+,34-/m1/s1. The van der Waals surface area contributed by atoms with Gasteiger partial charge in [-0.3, -0.25) is 24.0 Å². The Balaban J connectivity index is 1.23. The number of ether oxygens (including phenoxy) is 1. The third-order valence-corrected chi connectivity index (χ3v) is 12.6. The molecule has 0 spiro atoms. The van der Waals surface area contributed by atoms with E-state index in [0.717, 1.165) is 6.42 Å². The first-order chi connectivity index (χ1) is 23.7. The number of allylic oxidation sites excluding steroid dienone is 2. The lowest BCUT2D eigenvalue weighted by Gasteiger charge is -2.29.